The molecule has 0 aliphatic carbocycles. The van der Waals surface area contributed by atoms with E-state index in [-0.39, 0.29) is 5.97 Å². The molecule has 2 rings (SSSR count). The zero-order chi connectivity index (χ0) is 15.9. The van der Waals surface area contributed by atoms with E-state index < -0.39 is 0 Å². The molecule has 0 aromatic carbocycles. The van der Waals surface area contributed by atoms with Crippen molar-refractivity contribution in [1.29, 1.82) is 0 Å². The van der Waals surface area contributed by atoms with Gasteiger partial charge in [0, 0.05) is 44.2 Å². The van der Waals surface area contributed by atoms with Crippen LogP contribution in [0.2, 0.25) is 0 Å². The van der Waals surface area contributed by atoms with Crippen LogP contribution >= 0.6 is 0 Å². The Hall–Kier alpha value is -1.69. The number of hydrogen-bond acceptors (Lipinski definition) is 6. The number of carbonyl (C=O) groups excluding carboxylic acids is 1. The van der Waals surface area contributed by atoms with Crippen LogP contribution in [0.5, 0.6) is 0 Å². The molecule has 122 valence electrons. The molecule has 0 amide bonds. The highest BCUT2D eigenvalue weighted by Gasteiger charge is 2.25. The Labute approximate surface area is 132 Å². The van der Waals surface area contributed by atoms with Crippen LogP contribution in [0, 0.1) is 0 Å². The van der Waals surface area contributed by atoms with E-state index in [2.05, 4.69) is 34.0 Å². The van der Waals surface area contributed by atoms with Crippen LogP contribution in [-0.4, -0.2) is 47.7 Å². The average Bonchev–Trinajstić information content (AvgIpc) is 2.48. The molecule has 1 aromatic rings. The second-order valence-electron chi connectivity index (χ2n) is 5.82. The smallest absolute Gasteiger partial charge is 0.305 e. The van der Waals surface area contributed by atoms with Gasteiger partial charge >= 0.3 is 5.97 Å². The highest BCUT2D eigenvalue weighted by molar-refractivity contribution is 5.69. The topological polar surface area (TPSA) is 67.3 Å². The third-order valence-electron chi connectivity index (χ3n) is 3.83. The van der Waals surface area contributed by atoms with Gasteiger partial charge in [-0.15, -0.1) is 0 Å². The minimum Gasteiger partial charge on any atom is -0.465 e. The molecular formula is C16H26N4O2. The molecule has 1 aromatic heterocycles. The Morgan fingerprint density at radius 3 is 2.82 bits per heavy atom. The van der Waals surface area contributed by atoms with E-state index in [0.29, 0.717) is 31.5 Å². The number of carbonyl (C=O) groups is 1. The molecule has 1 fully saturated rings. The van der Waals surface area contributed by atoms with E-state index in [0.717, 1.165) is 31.2 Å². The SMILES string of the molecule is CCCC(=O)OCCc1nccc(N2C(C)CNC[C@@H]2C)n1. The number of hydrogen-bond donors (Lipinski definition) is 1. The van der Waals surface area contributed by atoms with Gasteiger partial charge in [-0.3, -0.25) is 4.79 Å². The summed E-state index contributed by atoms with van der Waals surface area (Å²) in [6.07, 6.45) is 3.62. The first kappa shape index (κ1) is 16.7. The quantitative estimate of drug-likeness (QED) is 0.804. The molecule has 1 aliphatic rings. The van der Waals surface area contributed by atoms with Crippen molar-refractivity contribution >= 4 is 11.8 Å². The van der Waals surface area contributed by atoms with Crippen LogP contribution in [-0.2, 0) is 16.0 Å². The summed E-state index contributed by atoms with van der Waals surface area (Å²) in [5.74, 6) is 1.52. The van der Waals surface area contributed by atoms with Crippen molar-refractivity contribution in [2.45, 2.75) is 52.1 Å². The van der Waals surface area contributed by atoms with Gasteiger partial charge in [-0.25, -0.2) is 9.97 Å². The van der Waals surface area contributed by atoms with Gasteiger partial charge < -0.3 is 15.0 Å². The standard InChI is InChI=1S/C16H26N4O2/c1-4-5-16(21)22-9-7-14-18-8-6-15(19-14)20-12(2)10-17-11-13(20)3/h6,8,12-13,17H,4-5,7,9-11H2,1-3H3/t12-,13?/m0/s1. The molecular weight excluding hydrogens is 280 g/mol. The summed E-state index contributed by atoms with van der Waals surface area (Å²) in [4.78, 5) is 22.6. The van der Waals surface area contributed by atoms with Crippen LogP contribution in [0.15, 0.2) is 12.3 Å². The fourth-order valence-electron chi connectivity index (χ4n) is 2.77. The molecule has 2 atom stereocenters. The summed E-state index contributed by atoms with van der Waals surface area (Å²) in [7, 11) is 0. The fraction of sp³-hybridized carbons (Fsp3) is 0.688. The lowest BCUT2D eigenvalue weighted by molar-refractivity contribution is -0.143. The third kappa shape index (κ3) is 4.40. The largest absolute Gasteiger partial charge is 0.465 e. The van der Waals surface area contributed by atoms with Crippen molar-refractivity contribution in [3.05, 3.63) is 18.1 Å². The first-order valence-electron chi connectivity index (χ1n) is 8.08. The van der Waals surface area contributed by atoms with E-state index in [4.69, 9.17) is 4.74 Å². The lowest BCUT2D eigenvalue weighted by atomic mass is 10.1. The first-order chi connectivity index (χ1) is 10.6. The van der Waals surface area contributed by atoms with Crippen molar-refractivity contribution in [1.82, 2.24) is 15.3 Å². The maximum atomic E-state index is 11.4. The van der Waals surface area contributed by atoms with E-state index in [1.807, 2.05) is 13.0 Å². The van der Waals surface area contributed by atoms with Crippen LogP contribution in [0.25, 0.3) is 0 Å². The van der Waals surface area contributed by atoms with Gasteiger partial charge in [-0.1, -0.05) is 6.92 Å². The highest BCUT2D eigenvalue weighted by Crippen LogP contribution is 2.19. The van der Waals surface area contributed by atoms with Gasteiger partial charge in [0.2, 0.25) is 0 Å². The zero-order valence-electron chi connectivity index (χ0n) is 13.7. The fourth-order valence-corrected chi connectivity index (χ4v) is 2.77. The van der Waals surface area contributed by atoms with Gasteiger partial charge in [-0.05, 0) is 26.3 Å². The number of ether oxygens (including phenoxy) is 1. The predicted octanol–water partition coefficient (Wildman–Crippen LogP) is 1.55. The van der Waals surface area contributed by atoms with Crippen molar-refractivity contribution in [3.63, 3.8) is 0 Å². The van der Waals surface area contributed by atoms with Gasteiger partial charge in [0.15, 0.2) is 0 Å². The monoisotopic (exact) mass is 306 g/mol. The average molecular weight is 306 g/mol. The number of nitrogens with one attached hydrogen (secondary N) is 1. The van der Waals surface area contributed by atoms with E-state index in [1.165, 1.54) is 0 Å². The number of anilines is 1. The molecule has 1 aliphatic heterocycles. The van der Waals surface area contributed by atoms with Crippen molar-refractivity contribution < 1.29 is 9.53 Å². The van der Waals surface area contributed by atoms with Gasteiger partial charge in [0.05, 0.1) is 6.61 Å². The summed E-state index contributed by atoms with van der Waals surface area (Å²) in [5.41, 5.74) is 0. The Morgan fingerprint density at radius 1 is 1.41 bits per heavy atom. The number of rotatable bonds is 6. The molecule has 0 saturated carbocycles. The molecule has 0 radical (unpaired) electrons. The van der Waals surface area contributed by atoms with Crippen LogP contribution < -0.4 is 10.2 Å². The number of aromatic nitrogens is 2. The molecule has 6 heteroatoms. The normalized spacial score (nSPS) is 21.7. The van der Waals surface area contributed by atoms with Gasteiger partial charge in [0.1, 0.15) is 11.6 Å². The van der Waals surface area contributed by atoms with Crippen LogP contribution in [0.4, 0.5) is 5.82 Å². The predicted molar refractivity (Wildman–Crippen MR) is 85.9 cm³/mol. The summed E-state index contributed by atoms with van der Waals surface area (Å²) >= 11 is 0. The van der Waals surface area contributed by atoms with E-state index >= 15 is 0 Å². The van der Waals surface area contributed by atoms with Gasteiger partial charge in [0.25, 0.3) is 0 Å². The van der Waals surface area contributed by atoms with Gasteiger partial charge in [-0.2, -0.15) is 0 Å². The molecule has 0 bridgehead atoms. The second-order valence-corrected chi connectivity index (χ2v) is 5.82. The van der Waals surface area contributed by atoms with Crippen molar-refractivity contribution in [2.24, 2.45) is 0 Å². The summed E-state index contributed by atoms with van der Waals surface area (Å²) in [5, 5.41) is 3.41. The van der Waals surface area contributed by atoms with Crippen LogP contribution in [0.1, 0.15) is 39.4 Å². The summed E-state index contributed by atoms with van der Waals surface area (Å²) in [6.45, 7) is 8.60. The minimum atomic E-state index is -0.150. The number of piperazine rings is 1. The van der Waals surface area contributed by atoms with E-state index in [1.54, 1.807) is 6.20 Å². The number of esters is 1. The van der Waals surface area contributed by atoms with Crippen molar-refractivity contribution in [3.8, 4) is 0 Å². The number of nitrogens with zero attached hydrogens (tertiary/aromatic N) is 3. The Morgan fingerprint density at radius 2 is 2.14 bits per heavy atom. The van der Waals surface area contributed by atoms with Crippen LogP contribution in [0.3, 0.4) is 0 Å². The van der Waals surface area contributed by atoms with E-state index in [9.17, 15) is 4.79 Å². The Balaban J connectivity index is 1.96. The lowest BCUT2D eigenvalue weighted by Crippen LogP contribution is -2.55. The summed E-state index contributed by atoms with van der Waals surface area (Å²) < 4.78 is 5.17. The minimum absolute atomic E-state index is 0.150. The molecule has 1 N–H and O–H groups in total. The first-order valence-corrected chi connectivity index (χ1v) is 8.08. The maximum Gasteiger partial charge on any atom is 0.305 e. The molecule has 1 unspecified atom stereocenters. The summed E-state index contributed by atoms with van der Waals surface area (Å²) in [6, 6.07) is 2.74. The lowest BCUT2D eigenvalue weighted by Gasteiger charge is -2.40. The third-order valence-corrected chi connectivity index (χ3v) is 3.83. The Bertz CT molecular complexity index is 485. The second kappa shape index (κ2) is 8.08. The Kier molecular flexibility index (Phi) is 6.12. The maximum absolute atomic E-state index is 11.4. The molecule has 2 heterocycles. The zero-order valence-corrected chi connectivity index (χ0v) is 13.7. The molecule has 6 nitrogen and oxygen atoms in total. The van der Waals surface area contributed by atoms with Crippen molar-refractivity contribution in [2.75, 3.05) is 24.6 Å². The highest BCUT2D eigenvalue weighted by atomic mass is 16.5. The molecule has 1 saturated heterocycles. The molecule has 0 spiro atoms. The molecule has 22 heavy (non-hydrogen) atoms.